The van der Waals surface area contributed by atoms with Crippen LogP contribution in [-0.2, 0) is 11.8 Å². The monoisotopic (exact) mass is 293 g/mol. The molecule has 0 spiro atoms. The molecule has 6 nitrogen and oxygen atoms in total. The first-order valence-corrected chi connectivity index (χ1v) is 7.81. The molecular formula is C15H27N5O. The van der Waals surface area contributed by atoms with E-state index in [0.717, 1.165) is 24.8 Å². The lowest BCUT2D eigenvalue weighted by atomic mass is 9.96. The summed E-state index contributed by atoms with van der Waals surface area (Å²) in [5, 5.41) is 4.26. The summed E-state index contributed by atoms with van der Waals surface area (Å²) in [5.41, 5.74) is 12.9. The van der Waals surface area contributed by atoms with Gasteiger partial charge in [0.1, 0.15) is 0 Å². The number of hydrogen-bond acceptors (Lipinski definition) is 4. The van der Waals surface area contributed by atoms with Gasteiger partial charge in [-0.3, -0.25) is 14.4 Å². The van der Waals surface area contributed by atoms with Gasteiger partial charge in [-0.15, -0.1) is 0 Å². The Labute approximate surface area is 126 Å². The highest BCUT2D eigenvalue weighted by atomic mass is 16.1. The fourth-order valence-corrected chi connectivity index (χ4v) is 3.37. The first-order chi connectivity index (χ1) is 10.0. The molecule has 0 aliphatic heterocycles. The van der Waals surface area contributed by atoms with Gasteiger partial charge in [0.15, 0.2) is 0 Å². The van der Waals surface area contributed by atoms with E-state index < -0.39 is 0 Å². The van der Waals surface area contributed by atoms with Crippen LogP contribution in [0.5, 0.6) is 0 Å². The fraction of sp³-hybridized carbons (Fsp3) is 0.733. The molecule has 1 aliphatic carbocycles. The van der Waals surface area contributed by atoms with Crippen molar-refractivity contribution in [2.45, 2.75) is 57.2 Å². The number of carbonyl (C=O) groups is 1. The second-order valence-electron chi connectivity index (χ2n) is 6.04. The molecule has 1 saturated carbocycles. The van der Waals surface area contributed by atoms with Crippen LogP contribution in [0.4, 0.5) is 0 Å². The zero-order valence-electron chi connectivity index (χ0n) is 13.0. The van der Waals surface area contributed by atoms with E-state index >= 15 is 0 Å². The number of aryl methyl sites for hydroxylation is 1. The van der Waals surface area contributed by atoms with Gasteiger partial charge in [-0.05, 0) is 19.3 Å². The van der Waals surface area contributed by atoms with Gasteiger partial charge in [0.25, 0.3) is 0 Å². The van der Waals surface area contributed by atoms with Gasteiger partial charge < -0.3 is 11.5 Å². The predicted molar refractivity (Wildman–Crippen MR) is 82.4 cm³/mol. The number of amides is 1. The van der Waals surface area contributed by atoms with E-state index in [0.29, 0.717) is 6.04 Å². The highest BCUT2D eigenvalue weighted by Gasteiger charge is 2.34. The molecule has 1 amide bonds. The van der Waals surface area contributed by atoms with Crippen LogP contribution in [0, 0.1) is 0 Å². The minimum atomic E-state index is -0.293. The van der Waals surface area contributed by atoms with Crippen LogP contribution in [0.1, 0.15) is 50.6 Å². The number of hydrogen-bond donors (Lipinski definition) is 2. The number of primary amides is 1. The van der Waals surface area contributed by atoms with Gasteiger partial charge in [-0.25, -0.2) is 0 Å². The maximum absolute atomic E-state index is 11.5. The third-order valence-corrected chi connectivity index (χ3v) is 4.43. The Morgan fingerprint density at radius 3 is 2.67 bits per heavy atom. The molecule has 0 aromatic carbocycles. The van der Waals surface area contributed by atoms with Crippen LogP contribution in [0.2, 0.25) is 0 Å². The summed E-state index contributed by atoms with van der Waals surface area (Å²) in [5.74, 6) is -0.293. The maximum Gasteiger partial charge on any atom is 0.231 e. The molecule has 1 aromatic rings. The van der Waals surface area contributed by atoms with Crippen molar-refractivity contribution in [2.75, 3.05) is 6.54 Å². The first-order valence-electron chi connectivity index (χ1n) is 7.81. The molecule has 0 radical (unpaired) electrons. The smallest absolute Gasteiger partial charge is 0.231 e. The second-order valence-corrected chi connectivity index (χ2v) is 6.04. The fourth-order valence-electron chi connectivity index (χ4n) is 3.37. The van der Waals surface area contributed by atoms with Gasteiger partial charge in [0.2, 0.25) is 5.91 Å². The van der Waals surface area contributed by atoms with Crippen LogP contribution < -0.4 is 11.5 Å². The van der Waals surface area contributed by atoms with E-state index in [4.69, 9.17) is 11.5 Å². The van der Waals surface area contributed by atoms with Crippen molar-refractivity contribution in [3.63, 3.8) is 0 Å². The summed E-state index contributed by atoms with van der Waals surface area (Å²) < 4.78 is 1.78. The van der Waals surface area contributed by atoms with Gasteiger partial charge in [-0.1, -0.05) is 19.8 Å². The lowest BCUT2D eigenvalue weighted by Gasteiger charge is -2.38. The molecular weight excluding hydrogens is 266 g/mol. The molecule has 4 N–H and O–H groups in total. The van der Waals surface area contributed by atoms with Crippen molar-refractivity contribution in [1.29, 1.82) is 0 Å². The number of carbonyl (C=O) groups excluding carboxylic acids is 1. The van der Waals surface area contributed by atoms with Crippen molar-refractivity contribution < 1.29 is 4.79 Å². The standard InChI is InChI=1S/C15H27N5O/c1-3-13(16)15(11-8-18-19(2)9-11)20(10-14(17)21)12-6-4-5-7-12/h8-9,12-13,15H,3-7,10,16H2,1-2H3,(H2,17,21). The summed E-state index contributed by atoms with van der Waals surface area (Å²) >= 11 is 0. The lowest BCUT2D eigenvalue weighted by Crippen LogP contribution is -2.48. The molecule has 0 saturated heterocycles. The van der Waals surface area contributed by atoms with E-state index in [-0.39, 0.29) is 24.5 Å². The molecule has 2 unspecified atom stereocenters. The molecule has 0 bridgehead atoms. The number of aromatic nitrogens is 2. The van der Waals surface area contributed by atoms with Crippen LogP contribution in [-0.4, -0.2) is 39.2 Å². The predicted octanol–water partition coefficient (Wildman–Crippen LogP) is 0.928. The topological polar surface area (TPSA) is 90.2 Å². The van der Waals surface area contributed by atoms with E-state index in [1.54, 1.807) is 4.68 Å². The molecule has 1 aliphatic rings. The lowest BCUT2D eigenvalue weighted by molar-refractivity contribution is -0.120. The Kier molecular flexibility index (Phi) is 5.36. The minimum Gasteiger partial charge on any atom is -0.369 e. The zero-order chi connectivity index (χ0) is 15.4. The number of nitrogens with zero attached hydrogens (tertiary/aromatic N) is 3. The molecule has 1 fully saturated rings. The average Bonchev–Trinajstić information content (AvgIpc) is 3.09. The molecule has 21 heavy (non-hydrogen) atoms. The van der Waals surface area contributed by atoms with Crippen LogP contribution in [0.25, 0.3) is 0 Å². The Morgan fingerprint density at radius 1 is 1.52 bits per heavy atom. The van der Waals surface area contributed by atoms with E-state index in [1.807, 2.05) is 19.4 Å². The minimum absolute atomic E-state index is 0.000648. The second kappa shape index (κ2) is 7.04. The van der Waals surface area contributed by atoms with Crippen LogP contribution in [0.15, 0.2) is 12.4 Å². The molecule has 6 heteroatoms. The quantitative estimate of drug-likeness (QED) is 0.782. The number of nitrogens with two attached hydrogens (primary N) is 2. The van der Waals surface area contributed by atoms with E-state index in [1.165, 1.54) is 12.8 Å². The highest BCUT2D eigenvalue weighted by molar-refractivity contribution is 5.76. The SMILES string of the molecule is CCC(N)C(c1cnn(C)c1)N(CC(N)=O)C1CCCC1. The van der Waals surface area contributed by atoms with E-state index in [9.17, 15) is 4.79 Å². The van der Waals surface area contributed by atoms with Gasteiger partial charge in [0, 0.05) is 30.9 Å². The van der Waals surface area contributed by atoms with Crippen molar-refractivity contribution in [3.05, 3.63) is 18.0 Å². The summed E-state index contributed by atoms with van der Waals surface area (Å²) in [4.78, 5) is 13.7. The molecule has 1 heterocycles. The Morgan fingerprint density at radius 2 is 2.19 bits per heavy atom. The first kappa shape index (κ1) is 16.0. The maximum atomic E-state index is 11.5. The summed E-state index contributed by atoms with van der Waals surface area (Å²) in [6.07, 6.45) is 9.33. The average molecular weight is 293 g/mol. The summed E-state index contributed by atoms with van der Waals surface area (Å²) in [7, 11) is 1.89. The molecule has 1 aromatic heterocycles. The van der Waals surface area contributed by atoms with Gasteiger partial charge in [0.05, 0.1) is 18.8 Å². The molecule has 2 atom stereocenters. The van der Waals surface area contributed by atoms with E-state index in [2.05, 4.69) is 16.9 Å². The van der Waals surface area contributed by atoms with Gasteiger partial charge in [-0.2, -0.15) is 5.10 Å². The largest absolute Gasteiger partial charge is 0.369 e. The van der Waals surface area contributed by atoms with Crippen LogP contribution in [0.3, 0.4) is 0 Å². The Bertz CT molecular complexity index is 466. The van der Waals surface area contributed by atoms with Crippen molar-refractivity contribution in [2.24, 2.45) is 18.5 Å². The molecule has 2 rings (SSSR count). The molecule has 118 valence electrons. The summed E-state index contributed by atoms with van der Waals surface area (Å²) in [6, 6.07) is 0.355. The third-order valence-electron chi connectivity index (χ3n) is 4.43. The van der Waals surface area contributed by atoms with Crippen molar-refractivity contribution in [1.82, 2.24) is 14.7 Å². The number of rotatable bonds is 7. The van der Waals surface area contributed by atoms with Crippen molar-refractivity contribution >= 4 is 5.91 Å². The highest BCUT2D eigenvalue weighted by Crippen LogP contribution is 2.33. The van der Waals surface area contributed by atoms with Gasteiger partial charge >= 0.3 is 0 Å². The van der Waals surface area contributed by atoms with Crippen LogP contribution >= 0.6 is 0 Å². The normalized spacial score (nSPS) is 19.0. The Balaban J connectivity index is 2.31. The summed E-state index contributed by atoms with van der Waals surface area (Å²) in [6.45, 7) is 2.34. The zero-order valence-corrected chi connectivity index (χ0v) is 13.0. The van der Waals surface area contributed by atoms with Crippen molar-refractivity contribution in [3.8, 4) is 0 Å². The third kappa shape index (κ3) is 3.83. The Hall–Kier alpha value is -1.40.